The quantitative estimate of drug-likeness (QED) is 0.629. The van der Waals surface area contributed by atoms with E-state index in [1.54, 1.807) is 11.8 Å². The molecule has 3 rings (SSSR count). The monoisotopic (exact) mass is 289 g/mol. The molecule has 1 aliphatic carbocycles. The molecule has 4 nitrogen and oxygen atoms in total. The van der Waals surface area contributed by atoms with Crippen LogP contribution >= 0.6 is 11.8 Å². The van der Waals surface area contributed by atoms with Crippen molar-refractivity contribution >= 4 is 11.8 Å². The summed E-state index contributed by atoms with van der Waals surface area (Å²) in [6.45, 7) is 2.78. The number of hydrogen-bond acceptors (Lipinski definition) is 5. The van der Waals surface area contributed by atoms with E-state index in [-0.39, 0.29) is 0 Å². The SMILES string of the molecule is Cc1nc(C2CC2)nc(SC[C@H]2CCCCO2)c1C#N. The minimum absolute atomic E-state index is 0.305. The maximum Gasteiger partial charge on any atom is 0.133 e. The average Bonchev–Trinajstić information content (AvgIpc) is 3.30. The molecule has 1 aromatic heterocycles. The lowest BCUT2D eigenvalue weighted by molar-refractivity contribution is 0.0315. The van der Waals surface area contributed by atoms with Crippen molar-refractivity contribution < 1.29 is 4.74 Å². The van der Waals surface area contributed by atoms with Gasteiger partial charge in [-0.15, -0.1) is 11.8 Å². The third-order valence-electron chi connectivity index (χ3n) is 3.81. The first-order valence-electron chi connectivity index (χ1n) is 7.31. The molecular formula is C15H19N3OS. The Labute approximate surface area is 124 Å². The van der Waals surface area contributed by atoms with Crippen molar-refractivity contribution in [2.75, 3.05) is 12.4 Å². The van der Waals surface area contributed by atoms with Crippen LogP contribution in [0.5, 0.6) is 0 Å². The molecule has 1 saturated carbocycles. The van der Waals surface area contributed by atoms with Crippen LogP contribution in [-0.4, -0.2) is 28.4 Å². The van der Waals surface area contributed by atoms with E-state index < -0.39 is 0 Å². The summed E-state index contributed by atoms with van der Waals surface area (Å²) in [5, 5.41) is 10.2. The normalized spacial score (nSPS) is 22.5. The van der Waals surface area contributed by atoms with E-state index in [1.165, 1.54) is 25.7 Å². The standard InChI is InChI=1S/C15H19N3OS/c1-10-13(8-16)15(18-14(17-10)11-5-6-11)20-9-12-4-2-3-7-19-12/h11-12H,2-7,9H2,1H3/t12-/m1/s1. The number of aryl methyl sites for hydroxylation is 1. The molecule has 20 heavy (non-hydrogen) atoms. The van der Waals surface area contributed by atoms with Gasteiger partial charge in [0.05, 0.1) is 11.8 Å². The fraction of sp³-hybridized carbons (Fsp3) is 0.667. The van der Waals surface area contributed by atoms with Gasteiger partial charge in [-0.1, -0.05) is 0 Å². The van der Waals surface area contributed by atoms with Crippen LogP contribution in [0.15, 0.2) is 5.03 Å². The Morgan fingerprint density at radius 1 is 1.30 bits per heavy atom. The third kappa shape index (κ3) is 3.13. The first-order valence-corrected chi connectivity index (χ1v) is 8.29. The van der Waals surface area contributed by atoms with Crippen LogP contribution in [0.2, 0.25) is 0 Å². The molecule has 5 heteroatoms. The fourth-order valence-corrected chi connectivity index (χ4v) is 3.54. The topological polar surface area (TPSA) is 58.8 Å². The average molecular weight is 289 g/mol. The van der Waals surface area contributed by atoms with Gasteiger partial charge in [0.15, 0.2) is 0 Å². The molecule has 1 aliphatic heterocycles. The third-order valence-corrected chi connectivity index (χ3v) is 4.92. The molecule has 2 heterocycles. The van der Waals surface area contributed by atoms with Crippen molar-refractivity contribution in [2.24, 2.45) is 0 Å². The molecule has 0 bridgehead atoms. The van der Waals surface area contributed by atoms with Crippen LogP contribution in [0.1, 0.15) is 55.1 Å². The van der Waals surface area contributed by atoms with Gasteiger partial charge >= 0.3 is 0 Å². The molecule has 1 atom stereocenters. The molecule has 1 saturated heterocycles. The summed E-state index contributed by atoms with van der Waals surface area (Å²) in [7, 11) is 0. The second kappa shape index (κ2) is 6.11. The second-order valence-electron chi connectivity index (χ2n) is 5.53. The van der Waals surface area contributed by atoms with E-state index in [4.69, 9.17) is 4.74 Å². The Hall–Kier alpha value is -1.12. The van der Waals surface area contributed by atoms with E-state index in [0.29, 0.717) is 17.6 Å². The Balaban J connectivity index is 1.74. The van der Waals surface area contributed by atoms with Crippen molar-refractivity contribution in [1.29, 1.82) is 5.26 Å². The van der Waals surface area contributed by atoms with Gasteiger partial charge < -0.3 is 4.74 Å². The molecule has 0 unspecified atom stereocenters. The minimum Gasteiger partial charge on any atom is -0.377 e. The van der Waals surface area contributed by atoms with Crippen molar-refractivity contribution in [1.82, 2.24) is 9.97 Å². The van der Waals surface area contributed by atoms with Crippen molar-refractivity contribution in [3.8, 4) is 6.07 Å². The Bertz CT molecular complexity index is 531. The van der Waals surface area contributed by atoms with Crippen LogP contribution in [0.4, 0.5) is 0 Å². The largest absolute Gasteiger partial charge is 0.377 e. The molecule has 0 amide bonds. The maximum atomic E-state index is 9.31. The number of nitriles is 1. The van der Waals surface area contributed by atoms with Gasteiger partial charge in [-0.05, 0) is 39.0 Å². The minimum atomic E-state index is 0.305. The number of hydrogen-bond donors (Lipinski definition) is 0. The molecule has 2 aliphatic rings. The molecule has 0 spiro atoms. The van der Waals surface area contributed by atoms with Crippen molar-refractivity contribution in [3.63, 3.8) is 0 Å². The summed E-state index contributed by atoms with van der Waals surface area (Å²) in [4.78, 5) is 9.11. The fourth-order valence-electron chi connectivity index (χ4n) is 2.44. The van der Waals surface area contributed by atoms with Crippen LogP contribution in [-0.2, 0) is 4.74 Å². The maximum absolute atomic E-state index is 9.31. The van der Waals surface area contributed by atoms with Gasteiger partial charge in [0.25, 0.3) is 0 Å². The molecule has 2 fully saturated rings. The molecule has 0 radical (unpaired) electrons. The first-order chi connectivity index (χ1) is 9.78. The lowest BCUT2D eigenvalue weighted by Gasteiger charge is -2.22. The zero-order valence-corrected chi connectivity index (χ0v) is 12.6. The Morgan fingerprint density at radius 2 is 2.15 bits per heavy atom. The van der Waals surface area contributed by atoms with Crippen LogP contribution in [0, 0.1) is 18.3 Å². The second-order valence-corrected chi connectivity index (χ2v) is 6.54. The zero-order valence-electron chi connectivity index (χ0n) is 11.8. The molecule has 0 aromatic carbocycles. The predicted octanol–water partition coefficient (Wildman–Crippen LogP) is 3.20. The molecule has 0 N–H and O–H groups in total. The van der Waals surface area contributed by atoms with E-state index >= 15 is 0 Å². The Kier molecular flexibility index (Phi) is 4.23. The highest BCUT2D eigenvalue weighted by Crippen LogP contribution is 2.39. The summed E-state index contributed by atoms with van der Waals surface area (Å²) in [6.07, 6.45) is 6.20. The molecule has 1 aromatic rings. The van der Waals surface area contributed by atoms with Gasteiger partial charge in [0, 0.05) is 18.3 Å². The summed E-state index contributed by atoms with van der Waals surface area (Å²) in [5.41, 5.74) is 1.45. The first kappa shape index (κ1) is 13.8. The number of aromatic nitrogens is 2. The van der Waals surface area contributed by atoms with E-state index in [1.807, 2.05) is 6.92 Å². The smallest absolute Gasteiger partial charge is 0.133 e. The number of rotatable bonds is 4. The number of nitrogens with zero attached hydrogens (tertiary/aromatic N) is 3. The predicted molar refractivity (Wildman–Crippen MR) is 77.8 cm³/mol. The van der Waals surface area contributed by atoms with E-state index in [2.05, 4.69) is 16.0 Å². The zero-order chi connectivity index (χ0) is 13.9. The highest BCUT2D eigenvalue weighted by Gasteiger charge is 2.28. The molecule has 106 valence electrons. The lowest BCUT2D eigenvalue weighted by atomic mass is 10.1. The summed E-state index contributed by atoms with van der Waals surface area (Å²) >= 11 is 1.65. The highest BCUT2D eigenvalue weighted by molar-refractivity contribution is 7.99. The van der Waals surface area contributed by atoms with Gasteiger partial charge in [0.1, 0.15) is 22.5 Å². The van der Waals surface area contributed by atoms with Crippen LogP contribution < -0.4 is 0 Å². The summed E-state index contributed by atoms with van der Waals surface area (Å²) in [5.74, 6) is 2.33. The lowest BCUT2D eigenvalue weighted by Crippen LogP contribution is -2.21. The summed E-state index contributed by atoms with van der Waals surface area (Å²) < 4.78 is 5.75. The number of ether oxygens (including phenoxy) is 1. The van der Waals surface area contributed by atoms with Crippen molar-refractivity contribution in [2.45, 2.75) is 56.1 Å². The van der Waals surface area contributed by atoms with Crippen molar-refractivity contribution in [3.05, 3.63) is 17.1 Å². The molecular weight excluding hydrogens is 270 g/mol. The van der Waals surface area contributed by atoms with Gasteiger partial charge in [0.2, 0.25) is 0 Å². The number of thioether (sulfide) groups is 1. The van der Waals surface area contributed by atoms with Gasteiger partial charge in [-0.2, -0.15) is 5.26 Å². The van der Waals surface area contributed by atoms with Gasteiger partial charge in [-0.3, -0.25) is 0 Å². The van der Waals surface area contributed by atoms with Crippen LogP contribution in [0.3, 0.4) is 0 Å². The van der Waals surface area contributed by atoms with E-state index in [0.717, 1.165) is 35.3 Å². The summed E-state index contributed by atoms with van der Waals surface area (Å²) in [6, 6.07) is 2.25. The Morgan fingerprint density at radius 3 is 2.80 bits per heavy atom. The van der Waals surface area contributed by atoms with Crippen LogP contribution in [0.25, 0.3) is 0 Å². The highest BCUT2D eigenvalue weighted by atomic mass is 32.2. The van der Waals surface area contributed by atoms with Gasteiger partial charge in [-0.25, -0.2) is 9.97 Å². The van der Waals surface area contributed by atoms with E-state index in [9.17, 15) is 5.26 Å².